The van der Waals surface area contributed by atoms with Gasteiger partial charge in [-0.05, 0) is 49.2 Å². The minimum absolute atomic E-state index is 0.214. The molecular weight excluding hydrogens is 392 g/mol. The molecule has 0 saturated heterocycles. The maximum Gasteiger partial charge on any atom is 0.417 e. The van der Waals surface area contributed by atoms with Gasteiger partial charge in [0.15, 0.2) is 0 Å². The van der Waals surface area contributed by atoms with Crippen LogP contribution < -0.4 is 10.6 Å². The van der Waals surface area contributed by atoms with E-state index in [9.17, 15) is 22.8 Å². The Hall–Kier alpha value is -2.25. The molecule has 0 aromatic heterocycles. The summed E-state index contributed by atoms with van der Waals surface area (Å²) < 4.78 is 38.5. The Balaban J connectivity index is 2.17. The predicted molar refractivity (Wildman–Crippen MR) is 94.6 cm³/mol. The highest BCUT2D eigenvalue weighted by atomic mass is 35.5. The molecule has 9 heteroatoms. The molecule has 0 saturated carbocycles. The molecule has 2 aromatic carbocycles. The molecule has 2 N–H and O–H groups in total. The van der Waals surface area contributed by atoms with Crippen molar-refractivity contribution in [2.24, 2.45) is 0 Å². The van der Waals surface area contributed by atoms with E-state index in [0.29, 0.717) is 11.6 Å². The van der Waals surface area contributed by atoms with E-state index in [1.54, 1.807) is 19.1 Å². The van der Waals surface area contributed by atoms with Crippen molar-refractivity contribution >= 4 is 46.4 Å². The van der Waals surface area contributed by atoms with Crippen LogP contribution in [0.3, 0.4) is 0 Å². The molecule has 0 heterocycles. The third-order valence-electron chi connectivity index (χ3n) is 3.41. The Kier molecular flexibility index (Phi) is 5.83. The molecule has 0 atom stereocenters. The zero-order chi connectivity index (χ0) is 19.6. The van der Waals surface area contributed by atoms with Gasteiger partial charge in [-0.3, -0.25) is 9.59 Å². The minimum atomic E-state index is -4.69. The highest BCUT2D eigenvalue weighted by Gasteiger charge is 2.33. The fourth-order valence-electron chi connectivity index (χ4n) is 2.25. The SMILES string of the molecule is Cc1cc(C)c(NC(=O)C(=O)Nc2ccc(Cl)c(C(F)(F)F)c2)c(Cl)c1. The van der Waals surface area contributed by atoms with Crippen molar-refractivity contribution < 1.29 is 22.8 Å². The quantitative estimate of drug-likeness (QED) is 0.675. The highest BCUT2D eigenvalue weighted by molar-refractivity contribution is 6.45. The summed E-state index contributed by atoms with van der Waals surface area (Å²) in [4.78, 5) is 24.0. The van der Waals surface area contributed by atoms with Crippen LogP contribution in [0.5, 0.6) is 0 Å². The maximum absolute atomic E-state index is 12.8. The number of carbonyl (C=O) groups excluding carboxylic acids is 2. The summed E-state index contributed by atoms with van der Waals surface area (Å²) >= 11 is 11.6. The monoisotopic (exact) mass is 404 g/mol. The van der Waals surface area contributed by atoms with E-state index in [1.807, 2.05) is 6.92 Å². The van der Waals surface area contributed by atoms with E-state index in [0.717, 1.165) is 17.7 Å². The van der Waals surface area contributed by atoms with Crippen molar-refractivity contribution in [3.05, 3.63) is 57.1 Å². The molecule has 138 valence electrons. The summed E-state index contributed by atoms with van der Waals surface area (Å²) in [7, 11) is 0. The number of benzene rings is 2. The van der Waals surface area contributed by atoms with Gasteiger partial charge in [0.05, 0.1) is 21.3 Å². The molecule has 0 spiro atoms. The Morgan fingerprint density at radius 3 is 2.12 bits per heavy atom. The van der Waals surface area contributed by atoms with Crippen LogP contribution in [0.1, 0.15) is 16.7 Å². The number of rotatable bonds is 2. The zero-order valence-corrected chi connectivity index (χ0v) is 15.1. The normalized spacial score (nSPS) is 11.2. The Bertz CT molecular complexity index is 860. The van der Waals surface area contributed by atoms with Gasteiger partial charge in [-0.25, -0.2) is 0 Å². The fourth-order valence-corrected chi connectivity index (χ4v) is 2.85. The van der Waals surface area contributed by atoms with Gasteiger partial charge in [0.1, 0.15) is 0 Å². The molecule has 0 unspecified atom stereocenters. The summed E-state index contributed by atoms with van der Waals surface area (Å²) in [5.41, 5.74) is 0.436. The van der Waals surface area contributed by atoms with Crippen LogP contribution in [-0.2, 0) is 15.8 Å². The third kappa shape index (κ3) is 4.68. The molecule has 2 aromatic rings. The lowest BCUT2D eigenvalue weighted by Crippen LogP contribution is -2.29. The first kappa shape index (κ1) is 20.1. The van der Waals surface area contributed by atoms with Gasteiger partial charge in [-0.15, -0.1) is 0 Å². The Labute approximate surface area is 157 Å². The van der Waals surface area contributed by atoms with Crippen molar-refractivity contribution in [2.75, 3.05) is 10.6 Å². The van der Waals surface area contributed by atoms with Crippen molar-refractivity contribution in [3.8, 4) is 0 Å². The molecule has 2 rings (SSSR count). The van der Waals surface area contributed by atoms with E-state index >= 15 is 0 Å². The van der Waals surface area contributed by atoms with Crippen LogP contribution in [0.25, 0.3) is 0 Å². The van der Waals surface area contributed by atoms with Crippen LogP contribution >= 0.6 is 23.2 Å². The van der Waals surface area contributed by atoms with Gasteiger partial charge >= 0.3 is 18.0 Å². The number of amides is 2. The fraction of sp³-hybridized carbons (Fsp3) is 0.176. The van der Waals surface area contributed by atoms with E-state index in [-0.39, 0.29) is 16.4 Å². The van der Waals surface area contributed by atoms with E-state index < -0.39 is 28.6 Å². The lowest BCUT2D eigenvalue weighted by Gasteiger charge is -2.13. The standard InChI is InChI=1S/C17H13Cl2F3N2O2/c1-8-5-9(2)14(13(19)6-8)24-16(26)15(25)23-10-3-4-12(18)11(7-10)17(20,21)22/h3-7H,1-2H3,(H,23,25)(H,24,26). The van der Waals surface area contributed by atoms with Crippen LogP contribution in [0, 0.1) is 13.8 Å². The van der Waals surface area contributed by atoms with Gasteiger partial charge in [0.25, 0.3) is 0 Å². The van der Waals surface area contributed by atoms with Crippen LogP contribution in [0.15, 0.2) is 30.3 Å². The summed E-state index contributed by atoms with van der Waals surface area (Å²) in [6, 6.07) is 6.16. The molecule has 4 nitrogen and oxygen atoms in total. The van der Waals surface area contributed by atoms with Crippen molar-refractivity contribution in [2.45, 2.75) is 20.0 Å². The number of aryl methyl sites for hydroxylation is 2. The topological polar surface area (TPSA) is 58.2 Å². The summed E-state index contributed by atoms with van der Waals surface area (Å²) in [5, 5.41) is 4.18. The molecule has 0 radical (unpaired) electrons. The lowest BCUT2D eigenvalue weighted by molar-refractivity contribution is -0.137. The number of hydrogen-bond acceptors (Lipinski definition) is 2. The van der Waals surface area contributed by atoms with Gasteiger partial charge in [0.2, 0.25) is 0 Å². The first-order valence-corrected chi connectivity index (χ1v) is 8.00. The average Bonchev–Trinajstić information content (AvgIpc) is 2.51. The summed E-state index contributed by atoms with van der Waals surface area (Å²) in [6.07, 6.45) is -4.69. The number of alkyl halides is 3. The molecule has 26 heavy (non-hydrogen) atoms. The second-order valence-corrected chi connectivity index (χ2v) is 6.35. The average molecular weight is 405 g/mol. The second kappa shape index (κ2) is 7.55. The number of anilines is 2. The third-order valence-corrected chi connectivity index (χ3v) is 4.03. The predicted octanol–water partition coefficient (Wildman–Crippen LogP) is 5.21. The van der Waals surface area contributed by atoms with Crippen LogP contribution in [0.2, 0.25) is 10.0 Å². The first-order valence-electron chi connectivity index (χ1n) is 7.25. The summed E-state index contributed by atoms with van der Waals surface area (Å²) in [6.45, 7) is 3.51. The number of hydrogen-bond donors (Lipinski definition) is 2. The second-order valence-electron chi connectivity index (χ2n) is 5.54. The molecule has 0 bridgehead atoms. The van der Waals surface area contributed by atoms with Gasteiger partial charge in [-0.2, -0.15) is 13.2 Å². The molecule has 0 aliphatic heterocycles. The lowest BCUT2D eigenvalue weighted by atomic mass is 10.1. The van der Waals surface area contributed by atoms with E-state index in [1.165, 1.54) is 0 Å². The number of carbonyl (C=O) groups is 2. The van der Waals surface area contributed by atoms with Gasteiger partial charge in [-0.1, -0.05) is 29.3 Å². The molecule has 0 fully saturated rings. The largest absolute Gasteiger partial charge is 0.417 e. The molecule has 0 aliphatic rings. The molecule has 0 aliphatic carbocycles. The number of nitrogens with one attached hydrogen (secondary N) is 2. The minimum Gasteiger partial charge on any atom is -0.318 e. The zero-order valence-electron chi connectivity index (χ0n) is 13.6. The van der Waals surface area contributed by atoms with Crippen molar-refractivity contribution in [1.29, 1.82) is 0 Å². The Morgan fingerprint density at radius 1 is 0.923 bits per heavy atom. The Morgan fingerprint density at radius 2 is 1.54 bits per heavy atom. The van der Waals surface area contributed by atoms with E-state index in [2.05, 4.69) is 10.6 Å². The smallest absolute Gasteiger partial charge is 0.318 e. The van der Waals surface area contributed by atoms with Gasteiger partial charge < -0.3 is 10.6 Å². The van der Waals surface area contributed by atoms with Crippen molar-refractivity contribution in [3.63, 3.8) is 0 Å². The maximum atomic E-state index is 12.8. The van der Waals surface area contributed by atoms with Crippen molar-refractivity contribution in [1.82, 2.24) is 0 Å². The molecular formula is C17H13Cl2F3N2O2. The molecule has 2 amide bonds. The first-order chi connectivity index (χ1) is 12.0. The van der Waals surface area contributed by atoms with Crippen LogP contribution in [-0.4, -0.2) is 11.8 Å². The number of halogens is 5. The summed E-state index contributed by atoms with van der Waals surface area (Å²) in [5.74, 6) is -2.21. The highest BCUT2D eigenvalue weighted by Crippen LogP contribution is 2.36. The van der Waals surface area contributed by atoms with Gasteiger partial charge in [0, 0.05) is 5.69 Å². The van der Waals surface area contributed by atoms with Crippen LogP contribution in [0.4, 0.5) is 24.5 Å². The van der Waals surface area contributed by atoms with E-state index in [4.69, 9.17) is 23.2 Å².